The van der Waals surface area contributed by atoms with Crippen molar-refractivity contribution in [2.45, 2.75) is 19.3 Å². The highest BCUT2D eigenvalue weighted by Crippen LogP contribution is 2.58. The summed E-state index contributed by atoms with van der Waals surface area (Å²) in [5.74, 6) is -0.985. The minimum Gasteiger partial charge on any atom is -0.342 e. The first-order valence-electron chi connectivity index (χ1n) is 9.04. The van der Waals surface area contributed by atoms with Crippen molar-refractivity contribution in [2.75, 3.05) is 18.4 Å². The number of rotatable bonds is 4. The zero-order valence-corrected chi connectivity index (χ0v) is 14.8. The predicted molar refractivity (Wildman–Crippen MR) is 96.9 cm³/mol. The largest absolute Gasteiger partial charge is 0.342 e. The predicted octanol–water partition coefficient (Wildman–Crippen LogP) is 3.38. The number of hydrogen-bond acceptors (Lipinski definition) is 2. The van der Waals surface area contributed by atoms with E-state index in [4.69, 9.17) is 0 Å². The molecule has 1 saturated carbocycles. The van der Waals surface area contributed by atoms with Crippen LogP contribution in [0.25, 0.3) is 0 Å². The molecule has 2 fully saturated rings. The van der Waals surface area contributed by atoms with Crippen molar-refractivity contribution in [3.63, 3.8) is 0 Å². The highest BCUT2D eigenvalue weighted by atomic mass is 19.1. The maximum atomic E-state index is 13.3. The van der Waals surface area contributed by atoms with Crippen molar-refractivity contribution in [3.8, 4) is 0 Å². The minimum absolute atomic E-state index is 0.00493. The van der Waals surface area contributed by atoms with Gasteiger partial charge in [0.2, 0.25) is 11.8 Å². The number of amides is 2. The van der Waals surface area contributed by atoms with Crippen LogP contribution in [-0.2, 0) is 16.0 Å². The van der Waals surface area contributed by atoms with Gasteiger partial charge in [-0.15, -0.1) is 0 Å². The van der Waals surface area contributed by atoms with Gasteiger partial charge in [-0.25, -0.2) is 8.78 Å². The summed E-state index contributed by atoms with van der Waals surface area (Å²) in [7, 11) is 0. The molecule has 1 aliphatic heterocycles. The first-order chi connectivity index (χ1) is 12.9. The van der Waals surface area contributed by atoms with E-state index >= 15 is 0 Å². The van der Waals surface area contributed by atoms with Crippen molar-refractivity contribution in [2.24, 2.45) is 11.3 Å². The molecule has 2 amide bonds. The monoisotopic (exact) mass is 370 g/mol. The fourth-order valence-electron chi connectivity index (χ4n) is 3.96. The van der Waals surface area contributed by atoms with Crippen LogP contribution >= 0.6 is 0 Å². The second kappa shape index (κ2) is 6.76. The Kier molecular flexibility index (Phi) is 4.42. The van der Waals surface area contributed by atoms with Crippen LogP contribution in [0.2, 0.25) is 0 Å². The molecule has 2 aromatic rings. The lowest BCUT2D eigenvalue weighted by Gasteiger charge is -2.17. The topological polar surface area (TPSA) is 49.4 Å². The van der Waals surface area contributed by atoms with Gasteiger partial charge in [-0.05, 0) is 48.7 Å². The third-order valence-electron chi connectivity index (χ3n) is 5.61. The van der Waals surface area contributed by atoms with Gasteiger partial charge in [-0.2, -0.15) is 0 Å². The summed E-state index contributed by atoms with van der Waals surface area (Å²) in [4.78, 5) is 26.8. The summed E-state index contributed by atoms with van der Waals surface area (Å²) in [6.45, 7) is 1.19. The smallest absolute Gasteiger partial charge is 0.228 e. The molecule has 2 aliphatic rings. The van der Waals surface area contributed by atoms with E-state index in [-0.39, 0.29) is 35.4 Å². The molecule has 1 aliphatic carbocycles. The molecular formula is C21H20F2N2O2. The first-order valence-corrected chi connectivity index (χ1v) is 9.04. The molecule has 4 nitrogen and oxygen atoms in total. The quantitative estimate of drug-likeness (QED) is 0.897. The molecule has 1 heterocycles. The second-order valence-corrected chi connectivity index (χ2v) is 7.49. The molecule has 0 radical (unpaired) electrons. The van der Waals surface area contributed by atoms with E-state index < -0.39 is 5.82 Å². The zero-order chi connectivity index (χ0) is 19.0. The third kappa shape index (κ3) is 3.70. The van der Waals surface area contributed by atoms with E-state index in [1.54, 1.807) is 29.2 Å². The molecule has 140 valence electrons. The Balaban J connectivity index is 1.33. The molecule has 1 N–H and O–H groups in total. The molecule has 27 heavy (non-hydrogen) atoms. The normalized spacial score (nSPS) is 23.5. The Morgan fingerprint density at radius 3 is 2.63 bits per heavy atom. The number of halogens is 2. The zero-order valence-electron chi connectivity index (χ0n) is 14.8. The Labute approximate surface area is 156 Å². The third-order valence-corrected chi connectivity index (χ3v) is 5.61. The lowest BCUT2D eigenvalue weighted by atomic mass is 10.0. The highest BCUT2D eigenvalue weighted by Gasteiger charge is 2.61. The molecule has 1 saturated heterocycles. The van der Waals surface area contributed by atoms with Crippen LogP contribution in [0.3, 0.4) is 0 Å². The summed E-state index contributed by atoms with van der Waals surface area (Å²) in [6, 6.07) is 11.8. The molecule has 4 rings (SSSR count). The van der Waals surface area contributed by atoms with E-state index in [1.807, 2.05) is 0 Å². The van der Waals surface area contributed by atoms with E-state index in [0.717, 1.165) is 18.4 Å². The van der Waals surface area contributed by atoms with Crippen molar-refractivity contribution < 1.29 is 18.4 Å². The summed E-state index contributed by atoms with van der Waals surface area (Å²) < 4.78 is 26.2. The number of benzene rings is 2. The van der Waals surface area contributed by atoms with Crippen molar-refractivity contribution in [3.05, 3.63) is 65.7 Å². The molecule has 0 unspecified atom stereocenters. The number of anilines is 1. The van der Waals surface area contributed by atoms with Crippen molar-refractivity contribution >= 4 is 17.5 Å². The van der Waals surface area contributed by atoms with Crippen molar-refractivity contribution in [1.29, 1.82) is 0 Å². The molecule has 2 atom stereocenters. The number of carbonyl (C=O) groups excluding carboxylic acids is 2. The Morgan fingerprint density at radius 1 is 1.11 bits per heavy atom. The Bertz CT molecular complexity index is 884. The molecule has 6 heteroatoms. The molecular weight excluding hydrogens is 350 g/mol. The Morgan fingerprint density at radius 2 is 1.89 bits per heavy atom. The number of hydrogen-bond donors (Lipinski definition) is 1. The lowest BCUT2D eigenvalue weighted by Crippen LogP contribution is -2.31. The average Bonchev–Trinajstić information content (AvgIpc) is 3.17. The highest BCUT2D eigenvalue weighted by molar-refractivity contribution is 5.95. The van der Waals surface area contributed by atoms with Gasteiger partial charge in [0.05, 0.1) is 6.42 Å². The summed E-state index contributed by atoms with van der Waals surface area (Å²) in [6.07, 6.45) is 1.77. The number of nitrogens with zero attached hydrogens (tertiary/aromatic N) is 1. The summed E-state index contributed by atoms with van der Waals surface area (Å²) in [5.41, 5.74) is 1.07. The van der Waals surface area contributed by atoms with Crippen LogP contribution in [0.15, 0.2) is 48.5 Å². The fourth-order valence-corrected chi connectivity index (χ4v) is 3.96. The summed E-state index contributed by atoms with van der Waals surface area (Å²) >= 11 is 0. The van der Waals surface area contributed by atoms with Gasteiger partial charge in [-0.1, -0.05) is 18.2 Å². The number of nitrogens with one attached hydrogen (secondary N) is 1. The maximum Gasteiger partial charge on any atom is 0.228 e. The van der Waals surface area contributed by atoms with Crippen LogP contribution < -0.4 is 5.32 Å². The second-order valence-electron chi connectivity index (χ2n) is 7.49. The van der Waals surface area contributed by atoms with Gasteiger partial charge in [0.15, 0.2) is 0 Å². The number of carbonyl (C=O) groups is 2. The minimum atomic E-state index is -0.392. The van der Waals surface area contributed by atoms with Gasteiger partial charge < -0.3 is 10.2 Å². The Hall–Kier alpha value is -2.76. The fraction of sp³-hybridized carbons (Fsp3) is 0.333. The van der Waals surface area contributed by atoms with Gasteiger partial charge in [0.25, 0.3) is 0 Å². The molecule has 1 spiro atoms. The van der Waals surface area contributed by atoms with Crippen molar-refractivity contribution in [1.82, 2.24) is 4.90 Å². The van der Waals surface area contributed by atoms with Crippen LogP contribution in [0, 0.1) is 23.0 Å². The average molecular weight is 370 g/mol. The molecule has 0 aromatic heterocycles. The van der Waals surface area contributed by atoms with Gasteiger partial charge in [-0.3, -0.25) is 9.59 Å². The standard InChI is InChI=1S/C21H20F2N2O2/c22-15-6-4-14(5-7-15)10-19(26)25-9-8-21(13-25)12-18(21)20(27)24-17-3-1-2-16(23)11-17/h1-7,11,18H,8-10,12-13H2,(H,24,27)/t18-,21-/m1/s1. The van der Waals surface area contributed by atoms with E-state index in [1.165, 1.54) is 24.3 Å². The number of likely N-dealkylation sites (tertiary alicyclic amines) is 1. The van der Waals surface area contributed by atoms with E-state index in [0.29, 0.717) is 18.8 Å². The van der Waals surface area contributed by atoms with E-state index in [2.05, 4.69) is 5.32 Å². The first kappa shape index (κ1) is 17.6. The maximum absolute atomic E-state index is 13.3. The summed E-state index contributed by atoms with van der Waals surface area (Å²) in [5, 5.41) is 2.77. The SMILES string of the molecule is O=C(Nc1cccc(F)c1)[C@H]1C[C@@]12CCN(C(=O)Cc1ccc(F)cc1)C2. The lowest BCUT2D eigenvalue weighted by molar-refractivity contribution is -0.129. The van der Waals surface area contributed by atoms with Gasteiger partial charge in [0.1, 0.15) is 11.6 Å². The molecule has 2 aromatic carbocycles. The van der Waals surface area contributed by atoms with Gasteiger partial charge in [0, 0.05) is 30.1 Å². The molecule has 0 bridgehead atoms. The van der Waals surface area contributed by atoms with Crippen LogP contribution in [0.1, 0.15) is 18.4 Å². The van der Waals surface area contributed by atoms with Crippen LogP contribution in [-0.4, -0.2) is 29.8 Å². The van der Waals surface area contributed by atoms with E-state index in [9.17, 15) is 18.4 Å². The van der Waals surface area contributed by atoms with Crippen LogP contribution in [0.4, 0.5) is 14.5 Å². The van der Waals surface area contributed by atoms with Gasteiger partial charge >= 0.3 is 0 Å². The van der Waals surface area contributed by atoms with Crippen LogP contribution in [0.5, 0.6) is 0 Å².